The summed E-state index contributed by atoms with van der Waals surface area (Å²) in [5, 5.41) is 5.06. The Kier molecular flexibility index (Phi) is 4.19. The molecular weight excluding hydrogens is 294 g/mol. The summed E-state index contributed by atoms with van der Waals surface area (Å²) in [5.74, 6) is -0.611. The van der Waals surface area contributed by atoms with Crippen molar-refractivity contribution in [2.75, 3.05) is 19.8 Å². The summed E-state index contributed by atoms with van der Waals surface area (Å²) in [5.41, 5.74) is 0.938. The second-order valence-corrected chi connectivity index (χ2v) is 6.38. The molecule has 0 unspecified atom stereocenters. The molecule has 1 N–H and O–H groups in total. The van der Waals surface area contributed by atoms with E-state index in [1.807, 2.05) is 6.07 Å². The van der Waals surface area contributed by atoms with Gasteiger partial charge in [-0.3, -0.25) is 9.35 Å². The third kappa shape index (κ3) is 3.73. The summed E-state index contributed by atoms with van der Waals surface area (Å²) < 4.78 is 31.7. The second-order valence-electron chi connectivity index (χ2n) is 4.81. The van der Waals surface area contributed by atoms with Crippen LogP contribution in [-0.4, -0.2) is 48.7 Å². The number of rotatable bonds is 4. The average Bonchev–Trinajstić information content (AvgIpc) is 2.42. The van der Waals surface area contributed by atoms with Crippen molar-refractivity contribution in [1.29, 1.82) is 0 Å². The highest BCUT2D eigenvalue weighted by Crippen LogP contribution is 2.15. The number of aromatic nitrogens is 2. The molecule has 0 aliphatic carbocycles. The Morgan fingerprint density at radius 1 is 1.33 bits per heavy atom. The minimum atomic E-state index is -4.05. The van der Waals surface area contributed by atoms with Gasteiger partial charge in [-0.15, -0.1) is 0 Å². The molecule has 0 aliphatic rings. The lowest BCUT2D eigenvalue weighted by atomic mass is 10.1. The zero-order valence-corrected chi connectivity index (χ0v) is 12.5. The molecule has 0 aliphatic heterocycles. The molecule has 1 aromatic heterocycles. The Morgan fingerprint density at radius 3 is 2.67 bits per heavy atom. The van der Waals surface area contributed by atoms with Gasteiger partial charge in [0.05, 0.1) is 5.56 Å². The molecule has 2 aromatic rings. The molecule has 0 saturated heterocycles. The predicted molar refractivity (Wildman–Crippen MR) is 76.4 cm³/mol. The molecule has 1 amide bonds. The lowest BCUT2D eigenvalue weighted by Gasteiger charge is -2.10. The van der Waals surface area contributed by atoms with E-state index in [1.54, 1.807) is 38.5 Å². The van der Waals surface area contributed by atoms with Crippen LogP contribution in [0.3, 0.4) is 0 Å². The largest absolute Gasteiger partial charge is 0.345 e. The van der Waals surface area contributed by atoms with E-state index in [4.69, 9.17) is 4.55 Å². The summed E-state index contributed by atoms with van der Waals surface area (Å²) in [6.07, 6.45) is 1.61. The predicted octanol–water partition coefficient (Wildman–Crippen LogP) is 0.112. The van der Waals surface area contributed by atoms with Crippen molar-refractivity contribution >= 4 is 26.9 Å². The molecule has 7 nitrogen and oxygen atoms in total. The van der Waals surface area contributed by atoms with E-state index >= 15 is 0 Å². The van der Waals surface area contributed by atoms with Gasteiger partial charge in [0.2, 0.25) is 0 Å². The van der Waals surface area contributed by atoms with E-state index in [9.17, 15) is 13.2 Å². The normalized spacial score (nSPS) is 11.6. The third-order valence-corrected chi connectivity index (χ3v) is 3.64. The van der Waals surface area contributed by atoms with E-state index in [0.29, 0.717) is 11.1 Å². The van der Waals surface area contributed by atoms with Crippen LogP contribution >= 0.6 is 0 Å². The van der Waals surface area contributed by atoms with Crippen LogP contribution in [0.1, 0.15) is 10.4 Å². The minimum Gasteiger partial charge on any atom is -0.345 e. The summed E-state index contributed by atoms with van der Waals surface area (Å²) in [4.78, 5) is 13.6. The van der Waals surface area contributed by atoms with Gasteiger partial charge in [-0.1, -0.05) is 16.8 Å². The van der Waals surface area contributed by atoms with E-state index in [2.05, 4.69) is 5.10 Å². The maximum atomic E-state index is 12.1. The maximum absolute atomic E-state index is 12.1. The quantitative estimate of drug-likeness (QED) is 0.639. The average molecular weight is 310 g/mol. The zero-order valence-electron chi connectivity index (χ0n) is 11.7. The number of hydrogen-bond donors (Lipinski definition) is 1. The van der Waals surface area contributed by atoms with Gasteiger partial charge in [-0.05, 0) is 6.07 Å². The van der Waals surface area contributed by atoms with E-state index in [1.165, 1.54) is 9.58 Å². The Morgan fingerprint density at radius 2 is 2.05 bits per heavy atom. The molecule has 0 fully saturated rings. The fourth-order valence-electron chi connectivity index (χ4n) is 1.88. The molecule has 0 bridgehead atoms. The number of amides is 1. The van der Waals surface area contributed by atoms with Crippen molar-refractivity contribution in [2.24, 2.45) is 0 Å². The molecule has 8 heteroatoms. The summed E-state index contributed by atoms with van der Waals surface area (Å²) in [6.45, 7) is 0.0132. The first-order valence-corrected chi connectivity index (χ1v) is 7.85. The standard InChI is InChI=1S/C13H15N3O4S/c1-15(2)13(17)11-5-3-4-10-6-7-16(14-12(10)11)8-9-21(18,19)20/h3-7H,8-9H2,1-2H3/p+1. The Hall–Kier alpha value is -2.06. The highest BCUT2D eigenvalue weighted by atomic mass is 32.2. The molecular formula is C13H16N3O4S+. The molecule has 2 rings (SSSR count). The first-order chi connectivity index (χ1) is 9.78. The monoisotopic (exact) mass is 310 g/mol. The molecule has 112 valence electrons. The third-order valence-electron chi connectivity index (χ3n) is 2.94. The number of nitrogens with zero attached hydrogens (tertiary/aromatic N) is 3. The van der Waals surface area contributed by atoms with Gasteiger partial charge >= 0.3 is 0 Å². The van der Waals surface area contributed by atoms with Crippen LogP contribution < -0.4 is 4.68 Å². The fraction of sp³-hybridized carbons (Fsp3) is 0.308. The van der Waals surface area contributed by atoms with Crippen LogP contribution in [0, 0.1) is 0 Å². The first kappa shape index (κ1) is 15.3. The Balaban J connectivity index is 2.45. The zero-order chi connectivity index (χ0) is 15.6. The Labute approximate surface area is 122 Å². The van der Waals surface area contributed by atoms with Gasteiger partial charge in [0.1, 0.15) is 5.75 Å². The van der Waals surface area contributed by atoms with Gasteiger partial charge in [0.25, 0.3) is 16.0 Å². The molecule has 0 atom stereocenters. The molecule has 0 spiro atoms. The number of benzene rings is 1. The number of carbonyl (C=O) groups is 1. The SMILES string of the molecule is CN(C)C(=O)c1cccc2cc[n+](CCS(=O)(=O)O)nc12. The van der Waals surface area contributed by atoms with Gasteiger partial charge in [-0.25, -0.2) is 0 Å². The van der Waals surface area contributed by atoms with Crippen LogP contribution in [0.25, 0.3) is 10.9 Å². The van der Waals surface area contributed by atoms with E-state index < -0.39 is 15.9 Å². The van der Waals surface area contributed by atoms with Gasteiger partial charge in [0.15, 0.2) is 18.3 Å². The lowest BCUT2D eigenvalue weighted by molar-refractivity contribution is -0.747. The van der Waals surface area contributed by atoms with Gasteiger partial charge < -0.3 is 4.90 Å². The van der Waals surface area contributed by atoms with E-state index in [0.717, 1.165) is 5.39 Å². The second kappa shape index (κ2) is 5.74. The highest BCUT2D eigenvalue weighted by molar-refractivity contribution is 7.85. The van der Waals surface area contributed by atoms with Crippen LogP contribution in [0.2, 0.25) is 0 Å². The summed E-state index contributed by atoms with van der Waals surface area (Å²) in [6, 6.07) is 7.01. The van der Waals surface area contributed by atoms with E-state index in [-0.39, 0.29) is 12.5 Å². The fourth-order valence-corrected chi connectivity index (χ4v) is 2.30. The van der Waals surface area contributed by atoms with Crippen LogP contribution in [0.5, 0.6) is 0 Å². The van der Waals surface area contributed by atoms with Crippen molar-refractivity contribution in [3.63, 3.8) is 0 Å². The number of carbonyl (C=O) groups excluding carboxylic acids is 1. The topological polar surface area (TPSA) is 91.5 Å². The maximum Gasteiger partial charge on any atom is 0.271 e. The van der Waals surface area contributed by atoms with Crippen molar-refractivity contribution < 1.29 is 22.4 Å². The smallest absolute Gasteiger partial charge is 0.271 e. The first-order valence-electron chi connectivity index (χ1n) is 6.24. The van der Waals surface area contributed by atoms with Crippen molar-refractivity contribution in [1.82, 2.24) is 10.00 Å². The summed E-state index contributed by atoms with van der Waals surface area (Å²) in [7, 11) is -0.753. The number of aryl methyl sites for hydroxylation is 1. The van der Waals surface area contributed by atoms with Crippen LogP contribution in [0.15, 0.2) is 30.5 Å². The molecule has 21 heavy (non-hydrogen) atoms. The van der Waals surface area contributed by atoms with Crippen molar-refractivity contribution in [2.45, 2.75) is 6.54 Å². The molecule has 0 saturated carbocycles. The highest BCUT2D eigenvalue weighted by Gasteiger charge is 2.17. The summed E-state index contributed by atoms with van der Waals surface area (Å²) >= 11 is 0. The number of fused-ring (bicyclic) bond motifs is 1. The Bertz CT molecular complexity index is 787. The molecule has 1 heterocycles. The lowest BCUT2D eigenvalue weighted by Crippen LogP contribution is -2.40. The van der Waals surface area contributed by atoms with Crippen molar-refractivity contribution in [3.8, 4) is 0 Å². The molecule has 0 radical (unpaired) electrons. The van der Waals surface area contributed by atoms with Gasteiger partial charge in [-0.2, -0.15) is 8.42 Å². The van der Waals surface area contributed by atoms with Crippen molar-refractivity contribution in [3.05, 3.63) is 36.0 Å². The van der Waals surface area contributed by atoms with Gasteiger partial charge in [0, 0.05) is 30.6 Å². The van der Waals surface area contributed by atoms with Crippen LogP contribution in [-0.2, 0) is 16.7 Å². The number of hydrogen-bond acceptors (Lipinski definition) is 4. The molecule has 1 aromatic carbocycles. The minimum absolute atomic E-state index is 0.0132. The van der Waals surface area contributed by atoms with Crippen LogP contribution in [0.4, 0.5) is 0 Å².